The third-order valence-corrected chi connectivity index (χ3v) is 3.67. The van der Waals surface area contributed by atoms with E-state index in [-0.39, 0.29) is 0 Å². The predicted octanol–water partition coefficient (Wildman–Crippen LogP) is 4.39. The summed E-state index contributed by atoms with van der Waals surface area (Å²) >= 11 is 1.44. The molecule has 0 saturated heterocycles. The summed E-state index contributed by atoms with van der Waals surface area (Å²) in [5.41, 5.74) is 2.26. The van der Waals surface area contributed by atoms with Crippen molar-refractivity contribution < 1.29 is 4.74 Å². The van der Waals surface area contributed by atoms with E-state index in [4.69, 9.17) is 10.1 Å². The molecule has 0 radical (unpaired) electrons. The minimum atomic E-state index is 0.569. The Morgan fingerprint density at radius 3 is 2.65 bits per heavy atom. The average molecular weight is 285 g/mol. The van der Waals surface area contributed by atoms with Gasteiger partial charge >= 0.3 is 0 Å². The third-order valence-electron chi connectivity index (χ3n) is 3.02. The zero-order valence-corrected chi connectivity index (χ0v) is 12.5. The first-order valence-electron chi connectivity index (χ1n) is 6.69. The lowest BCUT2D eigenvalue weighted by Gasteiger charge is -2.08. The summed E-state index contributed by atoms with van der Waals surface area (Å²) in [5, 5.41) is 8.38. The maximum Gasteiger partial charge on any atom is 0.119 e. The Hall–Kier alpha value is -1.74. The molecule has 0 saturated carbocycles. The Morgan fingerprint density at radius 2 is 1.90 bits per heavy atom. The van der Waals surface area contributed by atoms with E-state index in [1.807, 2.05) is 36.6 Å². The smallest absolute Gasteiger partial charge is 0.119 e. The third kappa shape index (κ3) is 4.42. The summed E-state index contributed by atoms with van der Waals surface area (Å²) in [6.45, 7) is 0.699. The molecular weight excluding hydrogens is 266 g/mol. The van der Waals surface area contributed by atoms with Crippen molar-refractivity contribution in [3.8, 4) is 5.75 Å². The van der Waals surface area contributed by atoms with Gasteiger partial charge in [-0.15, -0.1) is 11.8 Å². The van der Waals surface area contributed by atoms with Crippen LogP contribution in [0.2, 0.25) is 0 Å². The highest BCUT2D eigenvalue weighted by molar-refractivity contribution is 8.13. The van der Waals surface area contributed by atoms with Crippen LogP contribution in [0.5, 0.6) is 5.75 Å². The van der Waals surface area contributed by atoms with Crippen LogP contribution in [0.15, 0.2) is 54.6 Å². The number of rotatable bonds is 6. The summed E-state index contributed by atoms with van der Waals surface area (Å²) in [6.07, 6.45) is 3.94. The molecule has 20 heavy (non-hydrogen) atoms. The largest absolute Gasteiger partial charge is 0.494 e. The zero-order valence-electron chi connectivity index (χ0n) is 11.6. The predicted molar refractivity (Wildman–Crippen MR) is 87.0 cm³/mol. The van der Waals surface area contributed by atoms with Crippen molar-refractivity contribution in [3.05, 3.63) is 65.7 Å². The minimum Gasteiger partial charge on any atom is -0.494 e. The van der Waals surface area contributed by atoms with Gasteiger partial charge in [0, 0.05) is 5.56 Å². The van der Waals surface area contributed by atoms with Crippen molar-refractivity contribution in [2.24, 2.45) is 0 Å². The van der Waals surface area contributed by atoms with Crippen LogP contribution in [-0.4, -0.2) is 17.9 Å². The lowest BCUT2D eigenvalue weighted by molar-refractivity contribution is 0.311. The maximum absolute atomic E-state index is 7.81. The monoisotopic (exact) mass is 285 g/mol. The topological polar surface area (TPSA) is 33.1 Å². The summed E-state index contributed by atoms with van der Waals surface area (Å²) in [5.74, 6) is 0.842. The van der Waals surface area contributed by atoms with Crippen LogP contribution >= 0.6 is 11.8 Å². The van der Waals surface area contributed by atoms with E-state index in [9.17, 15) is 0 Å². The quantitative estimate of drug-likeness (QED) is 0.485. The first-order valence-corrected chi connectivity index (χ1v) is 7.92. The number of thioether (sulfide) groups is 1. The van der Waals surface area contributed by atoms with Gasteiger partial charge in [-0.1, -0.05) is 42.5 Å². The van der Waals surface area contributed by atoms with E-state index in [1.165, 1.54) is 17.3 Å². The maximum atomic E-state index is 7.81. The summed E-state index contributed by atoms with van der Waals surface area (Å²) in [7, 11) is 0. The number of hydrogen-bond donors (Lipinski definition) is 1. The van der Waals surface area contributed by atoms with Gasteiger partial charge in [-0.05, 0) is 36.8 Å². The fourth-order valence-corrected chi connectivity index (χ4v) is 2.32. The van der Waals surface area contributed by atoms with Gasteiger partial charge in [0.25, 0.3) is 0 Å². The van der Waals surface area contributed by atoms with Crippen LogP contribution in [0, 0.1) is 5.41 Å². The van der Waals surface area contributed by atoms with Gasteiger partial charge in [-0.25, -0.2) is 0 Å². The normalized spacial score (nSPS) is 10.2. The molecule has 0 aliphatic heterocycles. The van der Waals surface area contributed by atoms with E-state index < -0.39 is 0 Å². The van der Waals surface area contributed by atoms with Crippen molar-refractivity contribution in [1.29, 1.82) is 5.41 Å². The summed E-state index contributed by atoms with van der Waals surface area (Å²) < 4.78 is 5.76. The van der Waals surface area contributed by atoms with Gasteiger partial charge in [-0.3, -0.25) is 5.41 Å². The van der Waals surface area contributed by atoms with Crippen LogP contribution in [0.3, 0.4) is 0 Å². The standard InChI is InChI=1S/C17H19NOS/c1-20-17(18)15-10-5-11-16(13-15)19-12-6-9-14-7-3-2-4-8-14/h2-5,7-8,10-11,13,18H,6,9,12H2,1H3. The van der Waals surface area contributed by atoms with Crippen LogP contribution < -0.4 is 4.74 Å². The highest BCUT2D eigenvalue weighted by Crippen LogP contribution is 2.17. The lowest BCUT2D eigenvalue weighted by Crippen LogP contribution is -2.00. The highest BCUT2D eigenvalue weighted by Gasteiger charge is 2.01. The SMILES string of the molecule is CSC(=N)c1cccc(OCCCc2ccccc2)c1. The Bertz CT molecular complexity index is 554. The molecule has 1 N–H and O–H groups in total. The average Bonchev–Trinajstić information content (AvgIpc) is 2.52. The van der Waals surface area contributed by atoms with Crippen molar-refractivity contribution >= 4 is 16.8 Å². The fourth-order valence-electron chi connectivity index (χ4n) is 1.96. The highest BCUT2D eigenvalue weighted by atomic mass is 32.2. The van der Waals surface area contributed by atoms with Crippen LogP contribution in [0.4, 0.5) is 0 Å². The van der Waals surface area contributed by atoms with Crippen LogP contribution in [0.1, 0.15) is 17.5 Å². The van der Waals surface area contributed by atoms with Gasteiger partial charge in [0.2, 0.25) is 0 Å². The van der Waals surface area contributed by atoms with E-state index in [2.05, 4.69) is 24.3 Å². The van der Waals surface area contributed by atoms with Crippen LogP contribution in [0.25, 0.3) is 0 Å². The zero-order chi connectivity index (χ0) is 14.2. The molecule has 0 heterocycles. The van der Waals surface area contributed by atoms with E-state index in [0.717, 1.165) is 24.2 Å². The molecule has 0 bridgehead atoms. The summed E-state index contributed by atoms with van der Waals surface area (Å²) in [4.78, 5) is 0. The van der Waals surface area contributed by atoms with Crippen molar-refractivity contribution in [3.63, 3.8) is 0 Å². The minimum absolute atomic E-state index is 0.569. The molecule has 2 rings (SSSR count). The molecule has 0 spiro atoms. The number of hydrogen-bond acceptors (Lipinski definition) is 3. The number of ether oxygens (including phenoxy) is 1. The van der Waals surface area contributed by atoms with E-state index in [0.29, 0.717) is 11.7 Å². The van der Waals surface area contributed by atoms with Gasteiger partial charge < -0.3 is 4.74 Å². The molecule has 0 aliphatic carbocycles. The lowest BCUT2D eigenvalue weighted by atomic mass is 10.1. The Balaban J connectivity index is 1.81. The fraction of sp³-hybridized carbons (Fsp3) is 0.235. The van der Waals surface area contributed by atoms with Gasteiger partial charge in [0.05, 0.1) is 11.7 Å². The molecule has 104 valence electrons. The number of aryl methyl sites for hydroxylation is 1. The van der Waals surface area contributed by atoms with Crippen molar-refractivity contribution in [1.82, 2.24) is 0 Å². The number of nitrogens with one attached hydrogen (secondary N) is 1. The Morgan fingerprint density at radius 1 is 1.10 bits per heavy atom. The molecule has 0 fully saturated rings. The molecule has 0 aromatic heterocycles. The first-order chi connectivity index (χ1) is 9.79. The molecule has 2 aromatic rings. The summed E-state index contributed by atoms with van der Waals surface area (Å²) in [6, 6.07) is 18.2. The molecule has 0 unspecified atom stereocenters. The Kier molecular flexibility index (Phi) is 5.69. The second-order valence-electron chi connectivity index (χ2n) is 4.50. The van der Waals surface area contributed by atoms with Gasteiger partial charge in [0.15, 0.2) is 0 Å². The molecular formula is C17H19NOS. The number of benzene rings is 2. The Labute approximate surface area is 124 Å². The second-order valence-corrected chi connectivity index (χ2v) is 5.32. The second kappa shape index (κ2) is 7.75. The molecule has 0 amide bonds. The van der Waals surface area contributed by atoms with Crippen molar-refractivity contribution in [2.75, 3.05) is 12.9 Å². The van der Waals surface area contributed by atoms with E-state index in [1.54, 1.807) is 0 Å². The van der Waals surface area contributed by atoms with E-state index >= 15 is 0 Å². The van der Waals surface area contributed by atoms with Gasteiger partial charge in [0.1, 0.15) is 5.75 Å². The molecule has 2 aromatic carbocycles. The molecule has 3 heteroatoms. The first kappa shape index (κ1) is 14.7. The molecule has 2 nitrogen and oxygen atoms in total. The van der Waals surface area contributed by atoms with Crippen LogP contribution in [-0.2, 0) is 6.42 Å². The molecule has 0 aliphatic rings. The van der Waals surface area contributed by atoms with Crippen molar-refractivity contribution in [2.45, 2.75) is 12.8 Å². The van der Waals surface area contributed by atoms with Gasteiger partial charge in [-0.2, -0.15) is 0 Å². The molecule has 0 atom stereocenters.